The molecule has 0 fully saturated rings. The van der Waals surface area contributed by atoms with E-state index in [0.717, 1.165) is 10.5 Å². The molecular formula is C13H7BrClF3. The van der Waals surface area contributed by atoms with Crippen molar-refractivity contribution in [2.24, 2.45) is 0 Å². The lowest BCUT2D eigenvalue weighted by Gasteiger charge is -2.12. The maximum Gasteiger partial charge on any atom is 0.161 e. The lowest BCUT2D eigenvalue weighted by molar-refractivity contribution is 0.490. The van der Waals surface area contributed by atoms with E-state index < -0.39 is 22.8 Å². The Kier molecular flexibility index (Phi) is 3.97. The van der Waals surface area contributed by atoms with Crippen LogP contribution in [-0.4, -0.2) is 0 Å². The fraction of sp³-hybridized carbons (Fsp3) is 0.0769. The Balaban J connectivity index is 2.42. The molecule has 0 saturated carbocycles. The van der Waals surface area contributed by atoms with Crippen molar-refractivity contribution in [2.75, 3.05) is 0 Å². The molecule has 0 saturated heterocycles. The van der Waals surface area contributed by atoms with E-state index in [1.54, 1.807) is 24.3 Å². The number of halogens is 5. The van der Waals surface area contributed by atoms with E-state index >= 15 is 0 Å². The second-order valence-electron chi connectivity index (χ2n) is 3.70. The number of rotatable bonds is 2. The highest BCUT2D eigenvalue weighted by atomic mass is 79.9. The maximum atomic E-state index is 13.5. The summed E-state index contributed by atoms with van der Waals surface area (Å²) in [6.07, 6.45) is 0. The molecule has 2 rings (SSSR count). The van der Waals surface area contributed by atoms with Gasteiger partial charge in [0.15, 0.2) is 11.6 Å². The molecule has 0 aromatic heterocycles. The van der Waals surface area contributed by atoms with Gasteiger partial charge in [-0.1, -0.05) is 28.1 Å². The largest absolute Gasteiger partial charge is 0.207 e. The van der Waals surface area contributed by atoms with Crippen LogP contribution >= 0.6 is 27.5 Å². The molecular weight excluding hydrogens is 328 g/mol. The fourth-order valence-electron chi connectivity index (χ4n) is 1.54. The van der Waals surface area contributed by atoms with Gasteiger partial charge in [-0.3, -0.25) is 0 Å². The normalized spacial score (nSPS) is 12.5. The lowest BCUT2D eigenvalue weighted by atomic mass is 10.0. The van der Waals surface area contributed by atoms with Crippen molar-refractivity contribution in [2.45, 2.75) is 5.38 Å². The molecule has 0 N–H and O–H groups in total. The van der Waals surface area contributed by atoms with Gasteiger partial charge >= 0.3 is 0 Å². The summed E-state index contributed by atoms with van der Waals surface area (Å²) in [4.78, 5) is 0. The molecule has 0 radical (unpaired) electrons. The van der Waals surface area contributed by atoms with Gasteiger partial charge in [-0.15, -0.1) is 11.6 Å². The van der Waals surface area contributed by atoms with E-state index in [1.807, 2.05) is 0 Å². The van der Waals surface area contributed by atoms with Crippen LogP contribution in [0.15, 0.2) is 40.9 Å². The van der Waals surface area contributed by atoms with Crippen LogP contribution in [0.1, 0.15) is 16.5 Å². The van der Waals surface area contributed by atoms with Gasteiger partial charge in [-0.25, -0.2) is 13.2 Å². The third kappa shape index (κ3) is 2.70. The van der Waals surface area contributed by atoms with Gasteiger partial charge in [0.2, 0.25) is 0 Å². The predicted octanol–water partition coefficient (Wildman–Crippen LogP) is 5.19. The number of alkyl halides is 1. The van der Waals surface area contributed by atoms with Crippen LogP contribution in [0.5, 0.6) is 0 Å². The zero-order valence-electron chi connectivity index (χ0n) is 8.93. The molecule has 1 unspecified atom stereocenters. The van der Waals surface area contributed by atoms with Crippen LogP contribution in [0.2, 0.25) is 0 Å². The lowest BCUT2D eigenvalue weighted by Crippen LogP contribution is -2.00. The van der Waals surface area contributed by atoms with Gasteiger partial charge in [0.05, 0.1) is 5.38 Å². The Morgan fingerprint density at radius 3 is 2.06 bits per heavy atom. The third-order valence-corrected chi connectivity index (χ3v) is 3.49. The van der Waals surface area contributed by atoms with Crippen LogP contribution in [0, 0.1) is 17.5 Å². The van der Waals surface area contributed by atoms with Crippen LogP contribution < -0.4 is 0 Å². The fourth-order valence-corrected chi connectivity index (χ4v) is 2.12. The van der Waals surface area contributed by atoms with E-state index in [4.69, 9.17) is 11.6 Å². The average molecular weight is 336 g/mol. The van der Waals surface area contributed by atoms with Crippen LogP contribution in [0.3, 0.4) is 0 Å². The second-order valence-corrected chi connectivity index (χ2v) is 5.05. The first kappa shape index (κ1) is 13.4. The summed E-state index contributed by atoms with van der Waals surface area (Å²) < 4.78 is 40.3. The highest BCUT2D eigenvalue weighted by Crippen LogP contribution is 2.32. The average Bonchev–Trinajstić information content (AvgIpc) is 2.34. The molecule has 0 aliphatic heterocycles. The van der Waals surface area contributed by atoms with Crippen molar-refractivity contribution in [3.63, 3.8) is 0 Å². The van der Waals surface area contributed by atoms with Crippen molar-refractivity contribution < 1.29 is 13.2 Å². The zero-order valence-corrected chi connectivity index (χ0v) is 11.3. The summed E-state index contributed by atoms with van der Waals surface area (Å²) in [7, 11) is 0. The summed E-state index contributed by atoms with van der Waals surface area (Å²) >= 11 is 9.33. The Morgan fingerprint density at radius 1 is 0.889 bits per heavy atom. The number of hydrogen-bond acceptors (Lipinski definition) is 0. The summed E-state index contributed by atoms with van der Waals surface area (Å²) in [5.41, 5.74) is 0.516. The Labute approximate surface area is 116 Å². The van der Waals surface area contributed by atoms with Crippen LogP contribution in [0.4, 0.5) is 13.2 Å². The Hall–Kier alpha value is -1.00. The minimum atomic E-state index is -1.23. The van der Waals surface area contributed by atoms with E-state index in [1.165, 1.54) is 0 Å². The van der Waals surface area contributed by atoms with Gasteiger partial charge in [0.25, 0.3) is 0 Å². The molecule has 5 heteroatoms. The van der Waals surface area contributed by atoms with E-state index in [2.05, 4.69) is 15.9 Å². The summed E-state index contributed by atoms with van der Waals surface area (Å²) in [6, 6.07) is 8.12. The molecule has 18 heavy (non-hydrogen) atoms. The van der Waals surface area contributed by atoms with Crippen molar-refractivity contribution in [3.8, 4) is 0 Å². The number of hydrogen-bond donors (Lipinski definition) is 0. The quantitative estimate of drug-likeness (QED) is 0.523. The summed E-state index contributed by atoms with van der Waals surface area (Å²) in [6.45, 7) is 0. The predicted molar refractivity (Wildman–Crippen MR) is 68.2 cm³/mol. The molecule has 0 aliphatic carbocycles. The first-order valence-electron chi connectivity index (χ1n) is 5.03. The Bertz CT molecular complexity index is 569. The SMILES string of the molecule is Fc1cc(F)c(C(Cl)c2ccc(Br)cc2)cc1F. The maximum absolute atomic E-state index is 13.5. The van der Waals surface area contributed by atoms with Crippen LogP contribution in [-0.2, 0) is 0 Å². The molecule has 0 aliphatic rings. The monoisotopic (exact) mass is 334 g/mol. The first-order chi connectivity index (χ1) is 8.49. The van der Waals surface area contributed by atoms with Gasteiger partial charge in [-0.2, -0.15) is 0 Å². The smallest absolute Gasteiger partial charge is 0.161 e. The molecule has 94 valence electrons. The molecule has 2 aromatic carbocycles. The summed E-state index contributed by atoms with van der Waals surface area (Å²) in [5.74, 6) is -3.21. The highest BCUT2D eigenvalue weighted by molar-refractivity contribution is 9.10. The van der Waals surface area contributed by atoms with Crippen molar-refractivity contribution in [1.82, 2.24) is 0 Å². The topological polar surface area (TPSA) is 0 Å². The Morgan fingerprint density at radius 2 is 1.44 bits per heavy atom. The summed E-state index contributed by atoms with van der Waals surface area (Å²) in [5, 5.41) is -0.867. The second kappa shape index (κ2) is 5.33. The zero-order chi connectivity index (χ0) is 13.3. The highest BCUT2D eigenvalue weighted by Gasteiger charge is 2.18. The number of benzene rings is 2. The van der Waals surface area contributed by atoms with Gasteiger partial charge < -0.3 is 0 Å². The van der Waals surface area contributed by atoms with Crippen molar-refractivity contribution >= 4 is 27.5 Å². The minimum Gasteiger partial charge on any atom is -0.207 e. The van der Waals surface area contributed by atoms with E-state index in [0.29, 0.717) is 11.6 Å². The van der Waals surface area contributed by atoms with E-state index in [9.17, 15) is 13.2 Å². The van der Waals surface area contributed by atoms with Gasteiger partial charge in [-0.05, 0) is 23.8 Å². The molecule has 2 aromatic rings. The molecule has 0 bridgehead atoms. The molecule has 0 amide bonds. The standard InChI is InChI=1S/C13H7BrClF3/c14-8-3-1-7(2-4-8)13(15)9-5-11(17)12(18)6-10(9)16/h1-6,13H. The van der Waals surface area contributed by atoms with Gasteiger partial charge in [0.1, 0.15) is 5.82 Å². The first-order valence-corrected chi connectivity index (χ1v) is 6.26. The third-order valence-electron chi connectivity index (χ3n) is 2.48. The van der Waals surface area contributed by atoms with E-state index in [-0.39, 0.29) is 5.56 Å². The molecule has 0 spiro atoms. The molecule has 0 nitrogen and oxygen atoms in total. The van der Waals surface area contributed by atoms with Gasteiger partial charge in [0, 0.05) is 16.1 Å². The van der Waals surface area contributed by atoms with Crippen LogP contribution in [0.25, 0.3) is 0 Å². The van der Waals surface area contributed by atoms with Crippen molar-refractivity contribution in [3.05, 3.63) is 69.4 Å². The van der Waals surface area contributed by atoms with Crippen molar-refractivity contribution in [1.29, 1.82) is 0 Å². The molecule has 0 heterocycles. The molecule has 1 atom stereocenters. The minimum absolute atomic E-state index is 0.0853.